The maximum atomic E-state index is 11.8. The summed E-state index contributed by atoms with van der Waals surface area (Å²) in [5.41, 5.74) is -0.178. The zero-order valence-corrected chi connectivity index (χ0v) is 9.50. The summed E-state index contributed by atoms with van der Waals surface area (Å²) in [6, 6.07) is -0.211. The van der Waals surface area contributed by atoms with Crippen molar-refractivity contribution in [1.29, 1.82) is 0 Å². The van der Waals surface area contributed by atoms with E-state index in [-0.39, 0.29) is 23.4 Å². The van der Waals surface area contributed by atoms with Gasteiger partial charge in [-0.15, -0.1) is 0 Å². The molecule has 80 valence electrons. The van der Waals surface area contributed by atoms with Crippen LogP contribution in [0.15, 0.2) is 0 Å². The molecule has 0 spiro atoms. The molecule has 1 aliphatic rings. The normalized spacial score (nSPS) is 20.6. The monoisotopic (exact) mass is 198 g/mol. The highest BCUT2D eigenvalue weighted by molar-refractivity contribution is 5.92. The number of carbonyl (C=O) groups is 2. The van der Waals surface area contributed by atoms with Crippen LogP contribution in [0, 0.1) is 0 Å². The second-order valence-corrected chi connectivity index (χ2v) is 4.76. The van der Waals surface area contributed by atoms with Crippen LogP contribution in [-0.2, 0) is 9.59 Å². The summed E-state index contributed by atoms with van der Waals surface area (Å²) in [6.07, 6.45) is 0. The van der Waals surface area contributed by atoms with Crippen LogP contribution < -0.4 is 0 Å². The lowest BCUT2D eigenvalue weighted by Gasteiger charge is -2.32. The number of carbonyl (C=O) groups excluding carboxylic acids is 2. The average molecular weight is 198 g/mol. The van der Waals surface area contributed by atoms with E-state index >= 15 is 0 Å². The topological polar surface area (TPSA) is 40.4 Å². The van der Waals surface area contributed by atoms with Crippen LogP contribution in [0.4, 0.5) is 0 Å². The van der Waals surface area contributed by atoms with Gasteiger partial charge in [0.05, 0.1) is 6.54 Å². The minimum absolute atomic E-state index is 0.0225. The van der Waals surface area contributed by atoms with Crippen LogP contribution in [0.3, 0.4) is 0 Å². The average Bonchev–Trinajstić information content (AvgIpc) is 2.78. The molecule has 1 aliphatic heterocycles. The first-order chi connectivity index (χ1) is 6.25. The van der Waals surface area contributed by atoms with Gasteiger partial charge in [-0.25, -0.2) is 0 Å². The zero-order valence-electron chi connectivity index (χ0n) is 9.50. The Morgan fingerprint density at radius 1 is 1.36 bits per heavy atom. The molecule has 1 saturated heterocycles. The number of hydrogen-bond donors (Lipinski definition) is 0. The van der Waals surface area contributed by atoms with E-state index in [1.165, 1.54) is 6.92 Å². The number of rotatable bonds is 1. The number of amides is 2. The summed E-state index contributed by atoms with van der Waals surface area (Å²) in [5.74, 6) is 0.0124. The minimum atomic E-state index is -0.211. The number of nitrogens with zero attached hydrogens (tertiary/aromatic N) is 2. The van der Waals surface area contributed by atoms with Gasteiger partial charge in [0.15, 0.2) is 0 Å². The van der Waals surface area contributed by atoms with Gasteiger partial charge in [-0.3, -0.25) is 9.59 Å². The lowest BCUT2D eigenvalue weighted by Crippen LogP contribution is -2.45. The van der Waals surface area contributed by atoms with E-state index < -0.39 is 0 Å². The van der Waals surface area contributed by atoms with Crippen molar-refractivity contribution in [2.24, 2.45) is 0 Å². The Balaban J connectivity index is 2.57. The number of likely N-dealkylation sites (N-methyl/N-ethyl adjacent to an activating group) is 1. The van der Waals surface area contributed by atoms with E-state index in [0.717, 1.165) is 0 Å². The van der Waals surface area contributed by atoms with Crippen molar-refractivity contribution in [3.8, 4) is 0 Å². The van der Waals surface area contributed by atoms with Gasteiger partial charge in [0.2, 0.25) is 11.8 Å². The fourth-order valence-corrected chi connectivity index (χ4v) is 1.25. The van der Waals surface area contributed by atoms with E-state index in [9.17, 15) is 9.59 Å². The standard InChI is InChI=1S/C10H18N2O2/c1-7(13)12-6-8(12)9(14)11(5)10(2,3)4/h8H,6H2,1-5H3. The Morgan fingerprint density at radius 2 is 1.86 bits per heavy atom. The molecular weight excluding hydrogens is 180 g/mol. The lowest BCUT2D eigenvalue weighted by molar-refractivity contribution is -0.136. The van der Waals surface area contributed by atoms with Gasteiger partial charge in [-0.1, -0.05) is 0 Å². The van der Waals surface area contributed by atoms with Crippen molar-refractivity contribution in [3.63, 3.8) is 0 Å². The van der Waals surface area contributed by atoms with Crippen molar-refractivity contribution in [1.82, 2.24) is 9.80 Å². The molecule has 0 aromatic rings. The molecule has 0 aliphatic carbocycles. The zero-order chi connectivity index (χ0) is 11.1. The molecule has 1 rings (SSSR count). The molecule has 1 atom stereocenters. The van der Waals surface area contributed by atoms with Crippen LogP contribution in [0.5, 0.6) is 0 Å². The first-order valence-electron chi connectivity index (χ1n) is 4.80. The Labute approximate surface area is 84.9 Å². The maximum Gasteiger partial charge on any atom is 0.247 e. The third kappa shape index (κ3) is 2.05. The maximum absolute atomic E-state index is 11.8. The van der Waals surface area contributed by atoms with E-state index in [2.05, 4.69) is 0 Å². The van der Waals surface area contributed by atoms with Gasteiger partial charge in [-0.2, -0.15) is 0 Å². The van der Waals surface area contributed by atoms with Crippen LogP contribution in [0.1, 0.15) is 27.7 Å². The Morgan fingerprint density at radius 3 is 2.14 bits per heavy atom. The molecule has 1 fully saturated rings. The SMILES string of the molecule is CC(=O)N1CC1C(=O)N(C)C(C)(C)C. The fraction of sp³-hybridized carbons (Fsp3) is 0.800. The van der Waals surface area contributed by atoms with Gasteiger partial charge in [0.1, 0.15) is 6.04 Å². The van der Waals surface area contributed by atoms with E-state index in [1.54, 1.807) is 16.8 Å². The molecule has 0 radical (unpaired) electrons. The van der Waals surface area contributed by atoms with Gasteiger partial charge in [0, 0.05) is 19.5 Å². The summed E-state index contributed by atoms with van der Waals surface area (Å²) in [5, 5.41) is 0. The minimum Gasteiger partial charge on any atom is -0.339 e. The van der Waals surface area contributed by atoms with Crippen LogP contribution in [0.25, 0.3) is 0 Å². The predicted octanol–water partition coefficient (Wildman–Crippen LogP) is 0.474. The quantitative estimate of drug-likeness (QED) is 0.575. The van der Waals surface area contributed by atoms with Crippen molar-refractivity contribution in [3.05, 3.63) is 0 Å². The fourth-order valence-electron chi connectivity index (χ4n) is 1.25. The predicted molar refractivity (Wildman–Crippen MR) is 53.7 cm³/mol. The highest BCUT2D eigenvalue weighted by atomic mass is 16.2. The summed E-state index contributed by atoms with van der Waals surface area (Å²) in [7, 11) is 1.78. The lowest BCUT2D eigenvalue weighted by atomic mass is 10.1. The van der Waals surface area contributed by atoms with E-state index in [0.29, 0.717) is 6.54 Å². The molecule has 1 unspecified atom stereocenters. The molecule has 14 heavy (non-hydrogen) atoms. The van der Waals surface area contributed by atoms with Crippen molar-refractivity contribution >= 4 is 11.8 Å². The molecule has 1 heterocycles. The Kier molecular flexibility index (Phi) is 2.56. The van der Waals surface area contributed by atoms with Crippen molar-refractivity contribution in [2.45, 2.75) is 39.3 Å². The molecule has 2 amide bonds. The smallest absolute Gasteiger partial charge is 0.247 e. The molecule has 0 aromatic heterocycles. The second kappa shape index (κ2) is 3.26. The molecular formula is C10H18N2O2. The molecule has 4 heteroatoms. The highest BCUT2D eigenvalue weighted by Gasteiger charge is 2.45. The second-order valence-electron chi connectivity index (χ2n) is 4.76. The highest BCUT2D eigenvalue weighted by Crippen LogP contribution is 2.22. The number of hydrogen-bond acceptors (Lipinski definition) is 2. The summed E-state index contributed by atoms with van der Waals surface area (Å²) >= 11 is 0. The third-order valence-corrected chi connectivity index (χ3v) is 2.64. The molecule has 4 nitrogen and oxygen atoms in total. The molecule has 0 aromatic carbocycles. The van der Waals surface area contributed by atoms with Crippen molar-refractivity contribution < 1.29 is 9.59 Å². The van der Waals surface area contributed by atoms with E-state index in [1.807, 2.05) is 20.8 Å². The molecule has 0 N–H and O–H groups in total. The van der Waals surface area contributed by atoms with E-state index in [4.69, 9.17) is 0 Å². The van der Waals surface area contributed by atoms with Gasteiger partial charge >= 0.3 is 0 Å². The van der Waals surface area contributed by atoms with Gasteiger partial charge < -0.3 is 9.80 Å². The molecule has 0 bridgehead atoms. The summed E-state index contributed by atoms with van der Waals surface area (Å²) in [6.45, 7) is 8.00. The van der Waals surface area contributed by atoms with Crippen LogP contribution in [0.2, 0.25) is 0 Å². The first-order valence-corrected chi connectivity index (χ1v) is 4.80. The van der Waals surface area contributed by atoms with Gasteiger partial charge in [-0.05, 0) is 20.8 Å². The molecule has 0 saturated carbocycles. The van der Waals surface area contributed by atoms with Gasteiger partial charge in [0.25, 0.3) is 0 Å². The van der Waals surface area contributed by atoms with Crippen molar-refractivity contribution in [2.75, 3.05) is 13.6 Å². The Hall–Kier alpha value is -1.06. The Bertz CT molecular complexity index is 268. The largest absolute Gasteiger partial charge is 0.339 e. The van der Waals surface area contributed by atoms with Crippen LogP contribution >= 0.6 is 0 Å². The summed E-state index contributed by atoms with van der Waals surface area (Å²) in [4.78, 5) is 26.0. The first kappa shape index (κ1) is 11.0. The third-order valence-electron chi connectivity index (χ3n) is 2.64. The van der Waals surface area contributed by atoms with Crippen LogP contribution in [-0.4, -0.2) is 46.8 Å². The summed E-state index contributed by atoms with van der Waals surface area (Å²) < 4.78 is 0.